The van der Waals surface area contributed by atoms with Crippen molar-refractivity contribution >= 4 is 23.2 Å². The lowest BCUT2D eigenvalue weighted by molar-refractivity contribution is 0.00667. The van der Waals surface area contributed by atoms with Crippen molar-refractivity contribution in [2.45, 2.75) is 5.92 Å². The molecule has 0 aromatic carbocycles. The third-order valence-corrected chi connectivity index (χ3v) is 2.11. The summed E-state index contributed by atoms with van der Waals surface area (Å²) in [6, 6.07) is 1.72. The summed E-state index contributed by atoms with van der Waals surface area (Å²) in [6.45, 7) is 1.40. The number of hydrogen-bond donors (Lipinski definition) is 0. The summed E-state index contributed by atoms with van der Waals surface area (Å²) in [7, 11) is 0. The van der Waals surface area contributed by atoms with E-state index in [1.807, 2.05) is 0 Å². The van der Waals surface area contributed by atoms with E-state index in [1.54, 1.807) is 6.07 Å². The molecule has 1 saturated heterocycles. The van der Waals surface area contributed by atoms with Gasteiger partial charge in [0.1, 0.15) is 5.15 Å². The van der Waals surface area contributed by atoms with Gasteiger partial charge in [0.2, 0.25) is 5.28 Å². The third-order valence-electron chi connectivity index (χ3n) is 1.74. The van der Waals surface area contributed by atoms with Crippen LogP contribution in [-0.2, 0) is 4.74 Å². The summed E-state index contributed by atoms with van der Waals surface area (Å²) in [5.41, 5.74) is 0.867. The van der Waals surface area contributed by atoms with Crippen LogP contribution in [0.3, 0.4) is 0 Å². The van der Waals surface area contributed by atoms with Crippen LogP contribution in [0.2, 0.25) is 10.4 Å². The third kappa shape index (κ3) is 1.53. The highest BCUT2D eigenvalue weighted by atomic mass is 35.5. The standard InChI is InChI=1S/C7H6Cl2N2O/c8-6-1-5(4-2-12-3-4)10-7(9)11-6/h1,4H,2-3H2. The van der Waals surface area contributed by atoms with Gasteiger partial charge in [-0.3, -0.25) is 0 Å². The maximum atomic E-state index is 5.70. The molecule has 0 aliphatic carbocycles. The Morgan fingerprint density at radius 1 is 1.33 bits per heavy atom. The van der Waals surface area contributed by atoms with Crippen LogP contribution in [0.5, 0.6) is 0 Å². The summed E-state index contributed by atoms with van der Waals surface area (Å²) in [6.07, 6.45) is 0. The molecule has 1 aromatic heterocycles. The van der Waals surface area contributed by atoms with Gasteiger partial charge in [0.15, 0.2) is 0 Å². The second kappa shape index (κ2) is 3.17. The van der Waals surface area contributed by atoms with Crippen LogP contribution in [0.1, 0.15) is 11.6 Å². The van der Waals surface area contributed by atoms with E-state index in [2.05, 4.69) is 9.97 Å². The van der Waals surface area contributed by atoms with E-state index in [1.165, 1.54) is 0 Å². The highest BCUT2D eigenvalue weighted by Crippen LogP contribution is 2.24. The second-order valence-electron chi connectivity index (χ2n) is 2.62. The Bertz CT molecular complexity index is 281. The fraction of sp³-hybridized carbons (Fsp3) is 0.429. The molecule has 64 valence electrons. The van der Waals surface area contributed by atoms with Crippen LogP contribution in [0.15, 0.2) is 6.07 Å². The maximum absolute atomic E-state index is 5.70. The van der Waals surface area contributed by atoms with Gasteiger partial charge in [-0.15, -0.1) is 0 Å². The van der Waals surface area contributed by atoms with Crippen LogP contribution < -0.4 is 0 Å². The SMILES string of the molecule is Clc1cc(C2COC2)nc(Cl)n1. The first-order chi connectivity index (χ1) is 5.75. The highest BCUT2D eigenvalue weighted by molar-refractivity contribution is 6.31. The Hall–Kier alpha value is -0.380. The minimum atomic E-state index is 0.199. The molecule has 2 heterocycles. The first kappa shape index (κ1) is 8.23. The molecule has 5 heteroatoms. The van der Waals surface area contributed by atoms with Crippen molar-refractivity contribution in [3.8, 4) is 0 Å². The average molecular weight is 205 g/mol. The Morgan fingerprint density at radius 3 is 2.58 bits per heavy atom. The van der Waals surface area contributed by atoms with Crippen molar-refractivity contribution < 1.29 is 4.74 Å². The van der Waals surface area contributed by atoms with Gasteiger partial charge in [0.05, 0.1) is 18.9 Å². The van der Waals surface area contributed by atoms with Crippen molar-refractivity contribution in [2.75, 3.05) is 13.2 Å². The molecule has 0 atom stereocenters. The summed E-state index contributed by atoms with van der Waals surface area (Å²) in [5, 5.41) is 0.585. The van der Waals surface area contributed by atoms with Crippen LogP contribution >= 0.6 is 23.2 Å². The monoisotopic (exact) mass is 204 g/mol. The van der Waals surface area contributed by atoms with E-state index < -0.39 is 0 Å². The predicted octanol–water partition coefficient (Wildman–Crippen LogP) is 1.90. The Kier molecular flexibility index (Phi) is 2.17. The summed E-state index contributed by atoms with van der Waals surface area (Å²) >= 11 is 11.3. The minimum Gasteiger partial charge on any atom is -0.380 e. The molecule has 0 radical (unpaired) electrons. The van der Waals surface area contributed by atoms with Gasteiger partial charge in [-0.2, -0.15) is 0 Å². The lowest BCUT2D eigenvalue weighted by Crippen LogP contribution is -2.26. The van der Waals surface area contributed by atoms with Crippen LogP contribution in [0.4, 0.5) is 0 Å². The number of rotatable bonds is 1. The smallest absolute Gasteiger partial charge is 0.224 e. The molecule has 1 fully saturated rings. The normalized spacial score (nSPS) is 17.5. The molecule has 12 heavy (non-hydrogen) atoms. The van der Waals surface area contributed by atoms with Gasteiger partial charge in [0, 0.05) is 5.92 Å². The Morgan fingerprint density at radius 2 is 2.08 bits per heavy atom. The molecule has 1 aliphatic rings. The zero-order valence-electron chi connectivity index (χ0n) is 6.13. The maximum Gasteiger partial charge on any atom is 0.224 e. The minimum absolute atomic E-state index is 0.199. The van der Waals surface area contributed by atoms with Gasteiger partial charge in [-0.25, -0.2) is 9.97 Å². The Labute approximate surface area is 79.7 Å². The topological polar surface area (TPSA) is 35.0 Å². The average Bonchev–Trinajstić information content (AvgIpc) is 1.79. The van der Waals surface area contributed by atoms with E-state index in [0.29, 0.717) is 24.3 Å². The van der Waals surface area contributed by atoms with Crippen LogP contribution in [0, 0.1) is 0 Å². The molecule has 3 nitrogen and oxygen atoms in total. The number of halogens is 2. The highest BCUT2D eigenvalue weighted by Gasteiger charge is 2.22. The van der Waals surface area contributed by atoms with E-state index in [4.69, 9.17) is 27.9 Å². The van der Waals surface area contributed by atoms with Gasteiger partial charge in [0.25, 0.3) is 0 Å². The van der Waals surface area contributed by atoms with E-state index in [-0.39, 0.29) is 5.28 Å². The van der Waals surface area contributed by atoms with Gasteiger partial charge < -0.3 is 4.74 Å². The van der Waals surface area contributed by atoms with Crippen molar-refractivity contribution in [2.24, 2.45) is 0 Å². The quantitative estimate of drug-likeness (QED) is 0.518. The summed E-state index contributed by atoms with van der Waals surface area (Å²) < 4.78 is 5.02. The lowest BCUT2D eigenvalue weighted by atomic mass is 10.0. The molecular weight excluding hydrogens is 199 g/mol. The van der Waals surface area contributed by atoms with E-state index in [9.17, 15) is 0 Å². The zero-order valence-corrected chi connectivity index (χ0v) is 7.64. The van der Waals surface area contributed by atoms with Crippen LogP contribution in [-0.4, -0.2) is 23.2 Å². The van der Waals surface area contributed by atoms with Crippen molar-refractivity contribution in [1.82, 2.24) is 9.97 Å². The molecule has 0 unspecified atom stereocenters. The molecule has 2 rings (SSSR count). The van der Waals surface area contributed by atoms with Gasteiger partial charge >= 0.3 is 0 Å². The molecule has 0 amide bonds. The number of aromatic nitrogens is 2. The fourth-order valence-electron chi connectivity index (χ4n) is 1.02. The molecule has 1 aliphatic heterocycles. The van der Waals surface area contributed by atoms with Gasteiger partial charge in [-0.05, 0) is 17.7 Å². The summed E-state index contributed by atoms with van der Waals surface area (Å²) in [4.78, 5) is 7.80. The lowest BCUT2D eigenvalue weighted by Gasteiger charge is -2.25. The molecule has 0 saturated carbocycles. The number of hydrogen-bond acceptors (Lipinski definition) is 3. The number of ether oxygens (including phenoxy) is 1. The largest absolute Gasteiger partial charge is 0.380 e. The van der Waals surface area contributed by atoms with Crippen molar-refractivity contribution in [3.63, 3.8) is 0 Å². The first-order valence-electron chi connectivity index (χ1n) is 3.53. The van der Waals surface area contributed by atoms with E-state index >= 15 is 0 Å². The van der Waals surface area contributed by atoms with Crippen molar-refractivity contribution in [1.29, 1.82) is 0 Å². The molecule has 0 spiro atoms. The molecule has 0 bridgehead atoms. The molecule has 1 aromatic rings. The second-order valence-corrected chi connectivity index (χ2v) is 3.34. The summed E-state index contributed by atoms with van der Waals surface area (Å²) in [5.74, 6) is 0.336. The zero-order chi connectivity index (χ0) is 8.55. The molecule has 0 N–H and O–H groups in total. The van der Waals surface area contributed by atoms with Gasteiger partial charge in [-0.1, -0.05) is 11.6 Å². The first-order valence-corrected chi connectivity index (χ1v) is 4.29. The Balaban J connectivity index is 2.30. The number of nitrogens with zero attached hydrogens (tertiary/aromatic N) is 2. The molecular formula is C7H6Cl2N2O. The fourth-order valence-corrected chi connectivity index (χ4v) is 1.45. The predicted molar refractivity (Wildman–Crippen MR) is 45.6 cm³/mol. The van der Waals surface area contributed by atoms with Crippen LogP contribution in [0.25, 0.3) is 0 Å². The van der Waals surface area contributed by atoms with Crippen molar-refractivity contribution in [3.05, 3.63) is 22.2 Å². The van der Waals surface area contributed by atoms with E-state index in [0.717, 1.165) is 5.69 Å².